The molecule has 28 heavy (non-hydrogen) atoms. The zero-order valence-electron chi connectivity index (χ0n) is 16.0. The van der Waals surface area contributed by atoms with Gasteiger partial charge in [0, 0.05) is 28.6 Å². The molecule has 3 heteroatoms. The number of nitrogens with zero attached hydrogens (tertiary/aromatic N) is 1. The van der Waals surface area contributed by atoms with E-state index in [0.717, 1.165) is 44.7 Å². The van der Waals surface area contributed by atoms with Crippen molar-refractivity contribution in [2.24, 2.45) is 0 Å². The summed E-state index contributed by atoms with van der Waals surface area (Å²) in [7, 11) is 0. The van der Waals surface area contributed by atoms with Crippen LogP contribution in [-0.4, -0.2) is 4.57 Å². The van der Waals surface area contributed by atoms with Gasteiger partial charge in [0.2, 0.25) is 0 Å². The van der Waals surface area contributed by atoms with Gasteiger partial charge in [0.05, 0.1) is 6.54 Å². The molecule has 5 rings (SSSR count). The van der Waals surface area contributed by atoms with E-state index >= 15 is 0 Å². The Balaban J connectivity index is 1.89. The van der Waals surface area contributed by atoms with E-state index in [1.807, 2.05) is 54.0 Å². The minimum Gasteiger partial charge on any atom is -0.461 e. The molecule has 2 aromatic heterocycles. The molecule has 0 saturated carbocycles. The number of pyridine rings is 1. The lowest BCUT2D eigenvalue weighted by molar-refractivity contribution is 0.546. The first kappa shape index (κ1) is 16.8. The molecule has 1 aliphatic carbocycles. The van der Waals surface area contributed by atoms with Crippen LogP contribution in [0.5, 0.6) is 0 Å². The van der Waals surface area contributed by atoms with Crippen LogP contribution in [-0.2, 0) is 13.0 Å². The van der Waals surface area contributed by atoms with E-state index in [1.165, 1.54) is 5.57 Å². The fourth-order valence-electron chi connectivity index (χ4n) is 4.20. The maximum atomic E-state index is 13.4. The van der Waals surface area contributed by atoms with E-state index in [9.17, 15) is 4.79 Å². The second-order valence-corrected chi connectivity index (χ2v) is 7.44. The SMILES string of the molecule is CC1=CCc2c(c3ccccc3c(=O)n2Cc2ccccc2)-c2oc(C)cc21. The third kappa shape index (κ3) is 2.55. The summed E-state index contributed by atoms with van der Waals surface area (Å²) in [4.78, 5) is 13.4. The van der Waals surface area contributed by atoms with Gasteiger partial charge in [-0.15, -0.1) is 0 Å². The van der Waals surface area contributed by atoms with Crippen molar-refractivity contribution in [2.75, 3.05) is 0 Å². The van der Waals surface area contributed by atoms with Gasteiger partial charge in [0.25, 0.3) is 5.56 Å². The summed E-state index contributed by atoms with van der Waals surface area (Å²) in [6, 6.07) is 20.1. The van der Waals surface area contributed by atoms with E-state index in [1.54, 1.807) is 0 Å². The summed E-state index contributed by atoms with van der Waals surface area (Å²) in [6.45, 7) is 4.64. The highest BCUT2D eigenvalue weighted by atomic mass is 16.3. The van der Waals surface area contributed by atoms with Crippen molar-refractivity contribution in [2.45, 2.75) is 26.8 Å². The lowest BCUT2D eigenvalue weighted by Crippen LogP contribution is -2.25. The maximum Gasteiger partial charge on any atom is 0.258 e. The van der Waals surface area contributed by atoms with Gasteiger partial charge in [0.1, 0.15) is 11.5 Å². The molecule has 2 aromatic carbocycles. The van der Waals surface area contributed by atoms with Crippen molar-refractivity contribution in [3.63, 3.8) is 0 Å². The number of aromatic nitrogens is 1. The van der Waals surface area contributed by atoms with Crippen LogP contribution in [0.1, 0.15) is 29.5 Å². The van der Waals surface area contributed by atoms with Gasteiger partial charge >= 0.3 is 0 Å². The van der Waals surface area contributed by atoms with Crippen molar-refractivity contribution in [3.8, 4) is 11.3 Å². The Morgan fingerprint density at radius 2 is 1.68 bits per heavy atom. The van der Waals surface area contributed by atoms with Gasteiger partial charge in [-0.25, -0.2) is 0 Å². The Hall–Kier alpha value is -3.33. The molecule has 0 saturated heterocycles. The molecule has 0 radical (unpaired) electrons. The third-order valence-corrected chi connectivity index (χ3v) is 5.58. The van der Waals surface area contributed by atoms with Crippen molar-refractivity contribution in [1.82, 2.24) is 4.57 Å². The van der Waals surface area contributed by atoms with E-state index < -0.39 is 0 Å². The number of benzene rings is 2. The highest BCUT2D eigenvalue weighted by molar-refractivity contribution is 5.99. The first-order valence-electron chi connectivity index (χ1n) is 9.60. The third-order valence-electron chi connectivity index (χ3n) is 5.58. The molecular weight excluding hydrogens is 346 g/mol. The number of fused-ring (bicyclic) bond motifs is 5. The van der Waals surface area contributed by atoms with Crippen LogP contribution in [0.15, 0.2) is 76.0 Å². The summed E-state index contributed by atoms with van der Waals surface area (Å²) in [5.74, 6) is 1.76. The second kappa shape index (κ2) is 6.38. The van der Waals surface area contributed by atoms with E-state index in [-0.39, 0.29) is 5.56 Å². The number of aryl methyl sites for hydroxylation is 1. The molecule has 138 valence electrons. The first-order chi connectivity index (χ1) is 13.6. The zero-order chi connectivity index (χ0) is 19.3. The molecule has 0 N–H and O–H groups in total. The Bertz CT molecular complexity index is 1290. The first-order valence-corrected chi connectivity index (χ1v) is 9.60. The maximum absolute atomic E-state index is 13.4. The van der Waals surface area contributed by atoms with Crippen LogP contribution < -0.4 is 5.56 Å². The largest absolute Gasteiger partial charge is 0.461 e. The normalized spacial score (nSPS) is 13.0. The molecule has 2 heterocycles. The molecule has 1 aliphatic rings. The van der Waals surface area contributed by atoms with Crippen LogP contribution in [0.3, 0.4) is 0 Å². The smallest absolute Gasteiger partial charge is 0.258 e. The number of hydrogen-bond acceptors (Lipinski definition) is 2. The number of furan rings is 1. The van der Waals surface area contributed by atoms with Crippen LogP contribution in [0.2, 0.25) is 0 Å². The molecule has 0 spiro atoms. The quantitative estimate of drug-likeness (QED) is 0.464. The van der Waals surface area contributed by atoms with Crippen LogP contribution in [0.4, 0.5) is 0 Å². The van der Waals surface area contributed by atoms with Crippen molar-refractivity contribution in [1.29, 1.82) is 0 Å². The number of rotatable bonds is 2. The average Bonchev–Trinajstić information content (AvgIpc) is 3.05. The molecule has 4 aromatic rings. The lowest BCUT2D eigenvalue weighted by Gasteiger charge is -2.18. The molecular formula is C25H21NO2. The highest BCUT2D eigenvalue weighted by Gasteiger charge is 2.25. The predicted octanol–water partition coefficient (Wildman–Crippen LogP) is 5.58. The minimum absolute atomic E-state index is 0.0518. The summed E-state index contributed by atoms with van der Waals surface area (Å²) in [5, 5.41) is 1.70. The summed E-state index contributed by atoms with van der Waals surface area (Å²) in [5.41, 5.74) is 5.53. The van der Waals surface area contributed by atoms with Gasteiger partial charge < -0.3 is 8.98 Å². The zero-order valence-corrected chi connectivity index (χ0v) is 16.0. The Morgan fingerprint density at radius 1 is 0.964 bits per heavy atom. The fourth-order valence-corrected chi connectivity index (χ4v) is 4.20. The summed E-state index contributed by atoms with van der Waals surface area (Å²) in [6.07, 6.45) is 2.91. The minimum atomic E-state index is 0.0518. The van der Waals surface area contributed by atoms with E-state index in [0.29, 0.717) is 13.0 Å². The topological polar surface area (TPSA) is 35.1 Å². The Labute approximate surface area is 163 Å². The van der Waals surface area contributed by atoms with Gasteiger partial charge in [0.15, 0.2) is 0 Å². The number of hydrogen-bond donors (Lipinski definition) is 0. The number of allylic oxidation sites excluding steroid dienone is 2. The second-order valence-electron chi connectivity index (χ2n) is 7.44. The lowest BCUT2D eigenvalue weighted by atomic mass is 9.98. The van der Waals surface area contributed by atoms with Gasteiger partial charge in [-0.3, -0.25) is 4.79 Å². The Morgan fingerprint density at radius 3 is 2.46 bits per heavy atom. The van der Waals surface area contributed by atoms with Gasteiger partial charge in [-0.1, -0.05) is 54.6 Å². The van der Waals surface area contributed by atoms with Crippen molar-refractivity contribution in [3.05, 3.63) is 99.7 Å². The van der Waals surface area contributed by atoms with Gasteiger partial charge in [-0.2, -0.15) is 0 Å². The molecule has 0 fully saturated rings. The van der Waals surface area contributed by atoms with Crippen molar-refractivity contribution >= 4 is 16.3 Å². The molecule has 0 amide bonds. The highest BCUT2D eigenvalue weighted by Crippen LogP contribution is 2.40. The van der Waals surface area contributed by atoms with Crippen molar-refractivity contribution < 1.29 is 4.42 Å². The molecule has 0 unspecified atom stereocenters. The molecule has 3 nitrogen and oxygen atoms in total. The standard InChI is InChI=1S/C25H21NO2/c1-16-12-13-22-23(24-21(16)14-17(2)28-24)19-10-6-7-11-20(19)25(27)26(22)15-18-8-4-3-5-9-18/h3-12,14H,13,15H2,1-2H3. The summed E-state index contributed by atoms with van der Waals surface area (Å²) >= 11 is 0. The Kier molecular flexibility index (Phi) is 3.83. The van der Waals surface area contributed by atoms with Crippen LogP contribution in [0, 0.1) is 6.92 Å². The van der Waals surface area contributed by atoms with E-state index in [4.69, 9.17) is 4.42 Å². The predicted molar refractivity (Wildman–Crippen MR) is 114 cm³/mol. The molecule has 0 bridgehead atoms. The monoisotopic (exact) mass is 367 g/mol. The average molecular weight is 367 g/mol. The summed E-state index contributed by atoms with van der Waals surface area (Å²) < 4.78 is 8.10. The molecule has 0 atom stereocenters. The van der Waals surface area contributed by atoms with Crippen LogP contribution in [0.25, 0.3) is 27.7 Å². The van der Waals surface area contributed by atoms with Crippen LogP contribution >= 0.6 is 0 Å². The fraction of sp³-hybridized carbons (Fsp3) is 0.160. The van der Waals surface area contributed by atoms with E-state index in [2.05, 4.69) is 31.2 Å². The van der Waals surface area contributed by atoms with Gasteiger partial charge in [-0.05, 0) is 42.5 Å². The molecule has 0 aliphatic heterocycles.